The normalized spacial score (nSPS) is 13.7. The molecule has 0 fully saturated rings. The zero-order chi connectivity index (χ0) is 22.7. The fraction of sp³-hybridized carbons (Fsp3) is 0.167. The number of anilines is 1. The molecule has 2 heterocycles. The lowest BCUT2D eigenvalue weighted by Crippen LogP contribution is -2.36. The van der Waals surface area contributed by atoms with E-state index in [4.69, 9.17) is 21.1 Å². The summed E-state index contributed by atoms with van der Waals surface area (Å²) in [6, 6.07) is 16.1. The molecule has 0 bridgehead atoms. The number of imide groups is 1. The molecule has 2 aromatic carbocycles. The number of carbonyl (C=O) groups is 2. The molecule has 0 unspecified atom stereocenters. The first-order chi connectivity index (χ1) is 15.5. The van der Waals surface area contributed by atoms with Crippen LogP contribution in [0.2, 0.25) is 5.02 Å². The second kappa shape index (κ2) is 9.46. The number of hydrogen-bond donors (Lipinski definition) is 1. The number of nitrogens with one attached hydrogen (secondary N) is 1. The standard InChI is InChI=1S/C24H21ClN2O4S/c1-15-14-16(25)5-10-19(15)26-22-21(20-4-3-13-32-20)23(28)27(24(22)29)11-12-31-18-8-6-17(30-2)7-9-18/h3-10,13-14,26H,11-12H2,1-2H3. The molecule has 1 N–H and O–H groups in total. The molecule has 1 aliphatic heterocycles. The third kappa shape index (κ3) is 4.49. The molecule has 6 nitrogen and oxygen atoms in total. The van der Waals surface area contributed by atoms with Crippen LogP contribution in [0.4, 0.5) is 5.69 Å². The number of hydrogen-bond acceptors (Lipinski definition) is 6. The quantitative estimate of drug-likeness (QED) is 0.472. The van der Waals surface area contributed by atoms with Crippen molar-refractivity contribution in [3.8, 4) is 11.5 Å². The molecule has 0 radical (unpaired) electrons. The predicted molar refractivity (Wildman–Crippen MR) is 126 cm³/mol. The molecule has 3 aromatic rings. The van der Waals surface area contributed by atoms with E-state index in [9.17, 15) is 9.59 Å². The van der Waals surface area contributed by atoms with Crippen LogP contribution in [-0.4, -0.2) is 37.0 Å². The first-order valence-corrected chi connectivity index (χ1v) is 11.2. The minimum absolute atomic E-state index is 0.128. The molecule has 4 rings (SSSR count). The fourth-order valence-electron chi connectivity index (χ4n) is 3.37. The van der Waals surface area contributed by atoms with E-state index in [2.05, 4.69) is 5.32 Å². The Labute approximate surface area is 195 Å². The number of amides is 2. The van der Waals surface area contributed by atoms with Crippen LogP contribution in [0.25, 0.3) is 5.57 Å². The van der Waals surface area contributed by atoms with Crippen LogP contribution in [0.1, 0.15) is 10.4 Å². The summed E-state index contributed by atoms with van der Waals surface area (Å²) < 4.78 is 10.9. The average Bonchev–Trinajstić information content (AvgIpc) is 3.39. The number of methoxy groups -OCH3 is 1. The van der Waals surface area contributed by atoms with Gasteiger partial charge in [-0.15, -0.1) is 11.3 Å². The minimum Gasteiger partial charge on any atom is -0.497 e. The highest BCUT2D eigenvalue weighted by molar-refractivity contribution is 7.11. The lowest BCUT2D eigenvalue weighted by atomic mass is 10.1. The van der Waals surface area contributed by atoms with Crippen LogP contribution in [0.15, 0.2) is 65.7 Å². The first kappa shape index (κ1) is 21.9. The van der Waals surface area contributed by atoms with Gasteiger partial charge in [0.05, 0.1) is 19.2 Å². The van der Waals surface area contributed by atoms with Gasteiger partial charge in [0.1, 0.15) is 23.8 Å². The Morgan fingerprint density at radius 3 is 2.44 bits per heavy atom. The zero-order valence-electron chi connectivity index (χ0n) is 17.6. The van der Waals surface area contributed by atoms with Crippen molar-refractivity contribution in [2.45, 2.75) is 6.92 Å². The maximum atomic E-state index is 13.2. The van der Waals surface area contributed by atoms with Crippen molar-refractivity contribution < 1.29 is 19.1 Å². The van der Waals surface area contributed by atoms with E-state index in [1.54, 1.807) is 49.6 Å². The maximum absolute atomic E-state index is 13.2. The van der Waals surface area contributed by atoms with Crippen molar-refractivity contribution in [3.05, 3.63) is 81.1 Å². The van der Waals surface area contributed by atoms with Gasteiger partial charge in [0, 0.05) is 15.6 Å². The third-order valence-corrected chi connectivity index (χ3v) is 6.15. The second-order valence-electron chi connectivity index (χ2n) is 7.10. The number of aryl methyl sites for hydroxylation is 1. The number of thiophene rings is 1. The monoisotopic (exact) mass is 468 g/mol. The van der Waals surface area contributed by atoms with Crippen molar-refractivity contribution in [2.75, 3.05) is 25.6 Å². The number of halogens is 1. The highest BCUT2D eigenvalue weighted by Gasteiger charge is 2.39. The fourth-order valence-corrected chi connectivity index (χ4v) is 4.37. The Morgan fingerprint density at radius 1 is 1.03 bits per heavy atom. The molecule has 8 heteroatoms. The summed E-state index contributed by atoms with van der Waals surface area (Å²) >= 11 is 7.47. The minimum atomic E-state index is -0.383. The Bertz CT molecular complexity index is 1170. The van der Waals surface area contributed by atoms with Gasteiger partial charge in [-0.05, 0) is 66.4 Å². The van der Waals surface area contributed by atoms with Crippen molar-refractivity contribution >= 4 is 46.0 Å². The Hall–Kier alpha value is -3.29. The highest BCUT2D eigenvalue weighted by Crippen LogP contribution is 2.33. The van der Waals surface area contributed by atoms with Gasteiger partial charge in [0.2, 0.25) is 0 Å². The van der Waals surface area contributed by atoms with Crippen LogP contribution in [0, 0.1) is 6.92 Å². The number of benzene rings is 2. The zero-order valence-corrected chi connectivity index (χ0v) is 19.1. The number of nitrogens with zero attached hydrogens (tertiary/aromatic N) is 1. The molecule has 32 heavy (non-hydrogen) atoms. The molecule has 0 spiro atoms. The van der Waals surface area contributed by atoms with Crippen LogP contribution in [0.5, 0.6) is 11.5 Å². The van der Waals surface area contributed by atoms with E-state index in [0.29, 0.717) is 16.3 Å². The molecule has 0 atom stereocenters. The number of carbonyl (C=O) groups excluding carboxylic acids is 2. The summed E-state index contributed by atoms with van der Waals surface area (Å²) in [5, 5.41) is 5.65. The van der Waals surface area contributed by atoms with E-state index in [1.807, 2.05) is 24.4 Å². The van der Waals surface area contributed by atoms with Gasteiger partial charge < -0.3 is 14.8 Å². The summed E-state index contributed by atoms with van der Waals surface area (Å²) in [4.78, 5) is 28.4. The van der Waals surface area contributed by atoms with Crippen molar-refractivity contribution in [1.29, 1.82) is 0 Å². The molecular weight excluding hydrogens is 448 g/mol. The van der Waals surface area contributed by atoms with Gasteiger partial charge in [-0.3, -0.25) is 14.5 Å². The topological polar surface area (TPSA) is 67.9 Å². The first-order valence-electron chi connectivity index (χ1n) is 9.92. The van der Waals surface area contributed by atoms with E-state index in [1.165, 1.54) is 16.2 Å². The molecule has 0 saturated heterocycles. The molecule has 1 aromatic heterocycles. The number of rotatable bonds is 8. The maximum Gasteiger partial charge on any atom is 0.278 e. The Morgan fingerprint density at radius 2 is 1.78 bits per heavy atom. The Balaban J connectivity index is 1.53. The third-order valence-electron chi connectivity index (χ3n) is 5.03. The molecule has 0 saturated carbocycles. The van der Waals surface area contributed by atoms with Crippen molar-refractivity contribution in [3.63, 3.8) is 0 Å². The van der Waals surface area contributed by atoms with Crippen molar-refractivity contribution in [2.24, 2.45) is 0 Å². The smallest absolute Gasteiger partial charge is 0.278 e. The van der Waals surface area contributed by atoms with Crippen LogP contribution >= 0.6 is 22.9 Å². The summed E-state index contributed by atoms with van der Waals surface area (Å²) in [5.41, 5.74) is 2.21. The number of ether oxygens (including phenoxy) is 2. The van der Waals surface area contributed by atoms with Crippen LogP contribution < -0.4 is 14.8 Å². The summed E-state index contributed by atoms with van der Waals surface area (Å²) in [7, 11) is 1.59. The van der Waals surface area contributed by atoms with Gasteiger partial charge in [-0.25, -0.2) is 0 Å². The molecule has 2 amide bonds. The van der Waals surface area contributed by atoms with E-state index >= 15 is 0 Å². The van der Waals surface area contributed by atoms with Gasteiger partial charge in [0.15, 0.2) is 0 Å². The van der Waals surface area contributed by atoms with Gasteiger partial charge in [-0.1, -0.05) is 17.7 Å². The predicted octanol–water partition coefficient (Wildman–Crippen LogP) is 4.99. The highest BCUT2D eigenvalue weighted by atomic mass is 35.5. The summed E-state index contributed by atoms with van der Waals surface area (Å²) in [6.07, 6.45) is 0. The Kier molecular flexibility index (Phi) is 6.48. The molecule has 164 valence electrons. The van der Waals surface area contributed by atoms with E-state index < -0.39 is 0 Å². The van der Waals surface area contributed by atoms with Gasteiger partial charge >= 0.3 is 0 Å². The SMILES string of the molecule is COc1ccc(OCCN2C(=O)C(Nc3ccc(Cl)cc3C)=C(c3cccs3)C2=O)cc1. The summed E-state index contributed by atoms with van der Waals surface area (Å²) in [5.74, 6) is 0.627. The molecule has 0 aliphatic carbocycles. The largest absolute Gasteiger partial charge is 0.497 e. The van der Waals surface area contributed by atoms with Gasteiger partial charge in [-0.2, -0.15) is 0 Å². The van der Waals surface area contributed by atoms with E-state index in [-0.39, 0.29) is 30.7 Å². The second-order valence-corrected chi connectivity index (χ2v) is 8.48. The average molecular weight is 469 g/mol. The van der Waals surface area contributed by atoms with Crippen LogP contribution in [-0.2, 0) is 9.59 Å². The molecule has 1 aliphatic rings. The van der Waals surface area contributed by atoms with Gasteiger partial charge in [0.25, 0.3) is 11.8 Å². The summed E-state index contributed by atoms with van der Waals surface area (Å²) in [6.45, 7) is 2.19. The van der Waals surface area contributed by atoms with Crippen molar-refractivity contribution in [1.82, 2.24) is 4.90 Å². The lowest BCUT2D eigenvalue weighted by molar-refractivity contribution is -0.137. The van der Waals surface area contributed by atoms with E-state index in [0.717, 1.165) is 21.9 Å². The molecular formula is C24H21ClN2O4S. The van der Waals surface area contributed by atoms with Crippen LogP contribution in [0.3, 0.4) is 0 Å². The lowest BCUT2D eigenvalue weighted by Gasteiger charge is -2.16.